The topological polar surface area (TPSA) is 72.2 Å². The van der Waals surface area contributed by atoms with Crippen molar-refractivity contribution in [1.82, 2.24) is 9.78 Å². The quantitative estimate of drug-likeness (QED) is 0.940. The molecule has 1 aromatic carbocycles. The molecular weight excluding hydrogens is 312 g/mol. The first-order valence-electron chi connectivity index (χ1n) is 5.83. The van der Waals surface area contributed by atoms with Crippen molar-refractivity contribution in [2.45, 2.75) is 26.3 Å². The summed E-state index contributed by atoms with van der Waals surface area (Å²) in [5.74, 6) is -1.06. The van der Waals surface area contributed by atoms with E-state index in [-0.39, 0.29) is 23.6 Å². The Morgan fingerprint density at radius 3 is 2.74 bits per heavy atom. The minimum absolute atomic E-state index is 0.0324. The molecule has 0 bridgehead atoms. The molecule has 0 atom stereocenters. The molecule has 1 N–H and O–H groups in total. The number of rotatable bonds is 3. The van der Waals surface area contributed by atoms with Crippen LogP contribution in [0.2, 0.25) is 0 Å². The molecule has 0 aliphatic carbocycles. The fourth-order valence-electron chi connectivity index (χ4n) is 1.92. The van der Waals surface area contributed by atoms with Gasteiger partial charge in [0.1, 0.15) is 5.69 Å². The largest absolute Gasteiger partial charge is 0.481 e. The molecule has 0 aliphatic rings. The van der Waals surface area contributed by atoms with Crippen molar-refractivity contribution in [2.24, 2.45) is 0 Å². The molecule has 2 aromatic rings. The van der Waals surface area contributed by atoms with Crippen LogP contribution in [0.3, 0.4) is 0 Å². The second kappa shape index (κ2) is 5.13. The molecule has 6 heteroatoms. The number of carbonyl (C=O) groups is 1. The Hall–Kier alpha value is -1.69. The number of aliphatic carboxylic acids is 1. The van der Waals surface area contributed by atoms with Gasteiger partial charge in [-0.1, -0.05) is 15.9 Å². The number of nitrogens with zero attached hydrogens (tertiary/aromatic N) is 2. The summed E-state index contributed by atoms with van der Waals surface area (Å²) in [7, 11) is 0. The van der Waals surface area contributed by atoms with Gasteiger partial charge in [0.25, 0.3) is 0 Å². The molecule has 0 aliphatic heterocycles. The molecule has 0 spiro atoms. The Morgan fingerprint density at radius 2 is 2.16 bits per heavy atom. The third kappa shape index (κ3) is 2.68. The van der Waals surface area contributed by atoms with Gasteiger partial charge in [0, 0.05) is 15.9 Å². The van der Waals surface area contributed by atoms with Gasteiger partial charge in [0.05, 0.1) is 11.9 Å². The Kier molecular flexibility index (Phi) is 3.71. The average Bonchev–Trinajstić information content (AvgIpc) is 2.31. The normalized spacial score (nSPS) is 11.2. The van der Waals surface area contributed by atoms with Crippen molar-refractivity contribution in [3.05, 3.63) is 38.6 Å². The van der Waals surface area contributed by atoms with Crippen LogP contribution in [0, 0.1) is 0 Å². The first kappa shape index (κ1) is 13.7. The predicted octanol–water partition coefficient (Wildman–Crippen LogP) is 2.37. The van der Waals surface area contributed by atoms with Crippen LogP contribution in [0.15, 0.2) is 27.5 Å². The van der Waals surface area contributed by atoms with Crippen molar-refractivity contribution < 1.29 is 9.90 Å². The zero-order chi connectivity index (χ0) is 14.2. The van der Waals surface area contributed by atoms with Crippen LogP contribution in [-0.2, 0) is 11.2 Å². The van der Waals surface area contributed by atoms with E-state index in [1.54, 1.807) is 16.8 Å². The number of halogens is 1. The van der Waals surface area contributed by atoms with Crippen LogP contribution in [0.25, 0.3) is 10.9 Å². The second-order valence-corrected chi connectivity index (χ2v) is 5.46. The van der Waals surface area contributed by atoms with E-state index in [1.807, 2.05) is 19.9 Å². The van der Waals surface area contributed by atoms with Gasteiger partial charge >= 0.3 is 5.97 Å². The Labute approximate surface area is 118 Å². The maximum Gasteiger partial charge on any atom is 0.309 e. The molecule has 1 aromatic heterocycles. The van der Waals surface area contributed by atoms with E-state index in [0.717, 1.165) is 4.47 Å². The summed E-state index contributed by atoms with van der Waals surface area (Å²) in [4.78, 5) is 23.0. The summed E-state index contributed by atoms with van der Waals surface area (Å²) >= 11 is 3.36. The fourth-order valence-corrected chi connectivity index (χ4v) is 2.27. The lowest BCUT2D eigenvalue weighted by molar-refractivity contribution is -0.136. The van der Waals surface area contributed by atoms with E-state index in [2.05, 4.69) is 21.0 Å². The first-order valence-corrected chi connectivity index (χ1v) is 6.62. The monoisotopic (exact) mass is 324 g/mol. The van der Waals surface area contributed by atoms with E-state index >= 15 is 0 Å². The van der Waals surface area contributed by atoms with E-state index < -0.39 is 5.97 Å². The van der Waals surface area contributed by atoms with Gasteiger partial charge < -0.3 is 5.11 Å². The molecule has 100 valence electrons. The van der Waals surface area contributed by atoms with Crippen molar-refractivity contribution in [3.8, 4) is 0 Å². The lowest BCUT2D eigenvalue weighted by Gasteiger charge is -2.14. The van der Waals surface area contributed by atoms with Crippen molar-refractivity contribution in [3.63, 3.8) is 0 Å². The van der Waals surface area contributed by atoms with E-state index in [1.165, 1.54) is 0 Å². The smallest absolute Gasteiger partial charge is 0.309 e. The number of aromatic nitrogens is 2. The van der Waals surface area contributed by atoms with Gasteiger partial charge in [-0.05, 0) is 32.0 Å². The van der Waals surface area contributed by atoms with Crippen molar-refractivity contribution in [2.75, 3.05) is 0 Å². The summed E-state index contributed by atoms with van der Waals surface area (Å²) < 4.78 is 2.53. The molecule has 0 fully saturated rings. The van der Waals surface area contributed by atoms with Gasteiger partial charge in [-0.15, -0.1) is 0 Å². The van der Waals surface area contributed by atoms with E-state index in [0.29, 0.717) is 10.9 Å². The fraction of sp³-hybridized carbons (Fsp3) is 0.308. The van der Waals surface area contributed by atoms with Crippen molar-refractivity contribution in [1.29, 1.82) is 0 Å². The van der Waals surface area contributed by atoms with Crippen molar-refractivity contribution >= 4 is 32.8 Å². The average molecular weight is 325 g/mol. The lowest BCUT2D eigenvalue weighted by atomic mass is 10.1. The highest BCUT2D eigenvalue weighted by Crippen LogP contribution is 2.19. The number of carboxylic acids is 1. The first-order chi connectivity index (χ1) is 8.90. The molecule has 0 saturated carbocycles. The standard InChI is InChI=1S/C13H13BrN2O3/c1-7(2)16-11-5-8(14)3-4-9(11)13(19)10(15-16)6-12(17)18/h3-5,7H,6H2,1-2H3,(H,17,18). The number of hydrogen-bond donors (Lipinski definition) is 1. The molecule has 0 amide bonds. The molecular formula is C13H13BrN2O3. The molecule has 1 heterocycles. The summed E-state index contributed by atoms with van der Waals surface area (Å²) in [6, 6.07) is 5.30. The van der Waals surface area contributed by atoms with Crippen LogP contribution in [0.5, 0.6) is 0 Å². The molecule has 2 rings (SSSR count). The van der Waals surface area contributed by atoms with Crippen LogP contribution in [0.1, 0.15) is 25.6 Å². The van der Waals surface area contributed by atoms with Crippen LogP contribution >= 0.6 is 15.9 Å². The van der Waals surface area contributed by atoms with E-state index in [4.69, 9.17) is 5.11 Å². The third-order valence-electron chi connectivity index (χ3n) is 2.75. The maximum atomic E-state index is 12.2. The summed E-state index contributed by atoms with van der Waals surface area (Å²) in [5.41, 5.74) is 0.446. The maximum absolute atomic E-state index is 12.2. The Bertz CT molecular complexity index is 707. The minimum Gasteiger partial charge on any atom is -0.481 e. The second-order valence-electron chi connectivity index (χ2n) is 4.55. The van der Waals surface area contributed by atoms with Gasteiger partial charge in [-0.2, -0.15) is 5.10 Å². The molecule has 0 saturated heterocycles. The number of hydrogen-bond acceptors (Lipinski definition) is 3. The highest BCUT2D eigenvalue weighted by Gasteiger charge is 2.15. The molecule has 0 radical (unpaired) electrons. The highest BCUT2D eigenvalue weighted by atomic mass is 79.9. The van der Waals surface area contributed by atoms with Crippen LogP contribution < -0.4 is 5.43 Å². The predicted molar refractivity (Wildman–Crippen MR) is 75.4 cm³/mol. The van der Waals surface area contributed by atoms with Gasteiger partial charge in [-0.25, -0.2) is 0 Å². The van der Waals surface area contributed by atoms with Gasteiger partial charge in [0.2, 0.25) is 5.43 Å². The SMILES string of the molecule is CC(C)n1nc(CC(=O)O)c(=O)c2ccc(Br)cc21. The minimum atomic E-state index is -1.06. The zero-order valence-corrected chi connectivity index (χ0v) is 12.1. The number of benzene rings is 1. The van der Waals surface area contributed by atoms with Crippen LogP contribution in [0.4, 0.5) is 0 Å². The number of fused-ring (bicyclic) bond motifs is 1. The Balaban J connectivity index is 2.82. The molecule has 5 nitrogen and oxygen atoms in total. The highest BCUT2D eigenvalue weighted by molar-refractivity contribution is 9.10. The van der Waals surface area contributed by atoms with Gasteiger partial charge in [0.15, 0.2) is 0 Å². The summed E-state index contributed by atoms with van der Waals surface area (Å²) in [5, 5.41) is 13.5. The van der Waals surface area contributed by atoms with Gasteiger partial charge in [-0.3, -0.25) is 14.3 Å². The zero-order valence-electron chi connectivity index (χ0n) is 10.6. The van der Waals surface area contributed by atoms with Crippen LogP contribution in [-0.4, -0.2) is 20.9 Å². The lowest BCUT2D eigenvalue weighted by Crippen LogP contribution is -2.22. The molecule has 19 heavy (non-hydrogen) atoms. The number of carboxylic acid groups (broad SMARTS) is 1. The Morgan fingerprint density at radius 1 is 1.47 bits per heavy atom. The third-order valence-corrected chi connectivity index (χ3v) is 3.24. The molecule has 0 unspecified atom stereocenters. The summed E-state index contributed by atoms with van der Waals surface area (Å²) in [6.45, 7) is 3.87. The summed E-state index contributed by atoms with van der Waals surface area (Å²) in [6.07, 6.45) is -0.364. The van der Waals surface area contributed by atoms with E-state index in [9.17, 15) is 9.59 Å².